The smallest absolute Gasteiger partial charge is 0.00219 e. The van der Waals surface area contributed by atoms with E-state index >= 15 is 0 Å². The zero-order valence-electron chi connectivity index (χ0n) is 9.69. The second-order valence-electron chi connectivity index (χ2n) is 3.31. The van der Waals surface area contributed by atoms with E-state index < -0.39 is 0 Å². The third-order valence-electron chi connectivity index (χ3n) is 1.68. The highest BCUT2D eigenvalue weighted by Gasteiger charge is 1.91. The first kappa shape index (κ1) is 14.5. The molecule has 0 aliphatic heterocycles. The minimum absolute atomic E-state index is 1.18. The van der Waals surface area contributed by atoms with Gasteiger partial charge in [0.25, 0.3) is 0 Å². The highest BCUT2D eigenvalue weighted by atomic mass is 15.1. The van der Waals surface area contributed by atoms with Gasteiger partial charge in [0.1, 0.15) is 0 Å². The van der Waals surface area contributed by atoms with Gasteiger partial charge in [-0.05, 0) is 26.6 Å². The Morgan fingerprint density at radius 3 is 1.75 bits per heavy atom. The maximum absolute atomic E-state index is 2.36. The Morgan fingerprint density at radius 2 is 1.42 bits per heavy atom. The van der Waals surface area contributed by atoms with Gasteiger partial charge in [-0.3, -0.25) is 0 Å². The molecule has 0 saturated heterocycles. The standard InChI is InChI=1S/C8H19N.C3H8/c1-4-6-7-8-9(3)5-2;1-3-2/h4-8H2,1-3H3;3H2,1-2H3. The van der Waals surface area contributed by atoms with E-state index in [0.717, 1.165) is 0 Å². The van der Waals surface area contributed by atoms with Crippen molar-refractivity contribution in [1.29, 1.82) is 0 Å². The molecule has 0 fully saturated rings. The van der Waals surface area contributed by atoms with Crippen LogP contribution >= 0.6 is 0 Å². The molecular weight excluding hydrogens is 146 g/mol. The zero-order chi connectivity index (χ0) is 9.82. The molecule has 1 nitrogen and oxygen atoms in total. The van der Waals surface area contributed by atoms with Crippen LogP contribution in [0.1, 0.15) is 53.4 Å². The maximum Gasteiger partial charge on any atom is -0.00219 e. The number of hydrogen-bond acceptors (Lipinski definition) is 1. The number of hydrogen-bond donors (Lipinski definition) is 0. The fourth-order valence-electron chi connectivity index (χ4n) is 0.790. The summed E-state index contributed by atoms with van der Waals surface area (Å²) in [6, 6.07) is 0. The largest absolute Gasteiger partial charge is 0.307 e. The molecule has 0 saturated carbocycles. The molecule has 0 aliphatic rings. The molecule has 0 aromatic heterocycles. The summed E-state index contributed by atoms with van der Waals surface area (Å²) in [6.07, 6.45) is 5.32. The SMILES string of the molecule is CCC.CCCCCN(C)CC. The molecule has 1 heteroatoms. The van der Waals surface area contributed by atoms with E-state index in [-0.39, 0.29) is 0 Å². The van der Waals surface area contributed by atoms with Crippen molar-refractivity contribution in [2.45, 2.75) is 53.4 Å². The molecule has 0 heterocycles. The van der Waals surface area contributed by atoms with Crippen molar-refractivity contribution in [2.24, 2.45) is 0 Å². The highest BCUT2D eigenvalue weighted by Crippen LogP contribution is 1.94. The van der Waals surface area contributed by atoms with Crippen LogP contribution in [0.15, 0.2) is 0 Å². The van der Waals surface area contributed by atoms with E-state index in [1.807, 2.05) is 0 Å². The molecule has 0 aromatic rings. The van der Waals surface area contributed by atoms with Gasteiger partial charge in [-0.2, -0.15) is 0 Å². The lowest BCUT2D eigenvalue weighted by molar-refractivity contribution is 0.343. The van der Waals surface area contributed by atoms with E-state index in [2.05, 4.69) is 39.6 Å². The Bertz CT molecular complexity index is 62.0. The average molecular weight is 173 g/mol. The van der Waals surface area contributed by atoms with E-state index in [0.29, 0.717) is 0 Å². The quantitative estimate of drug-likeness (QED) is 0.575. The fraction of sp³-hybridized carbons (Fsp3) is 1.00. The van der Waals surface area contributed by atoms with E-state index in [1.54, 1.807) is 0 Å². The van der Waals surface area contributed by atoms with Crippen LogP contribution in [0.5, 0.6) is 0 Å². The summed E-state index contributed by atoms with van der Waals surface area (Å²) in [7, 11) is 2.18. The normalized spacial score (nSPS) is 9.50. The van der Waals surface area contributed by atoms with Gasteiger partial charge in [0.15, 0.2) is 0 Å². The van der Waals surface area contributed by atoms with Crippen LogP contribution in [-0.2, 0) is 0 Å². The monoisotopic (exact) mass is 173 g/mol. The van der Waals surface area contributed by atoms with Crippen molar-refractivity contribution in [2.75, 3.05) is 20.1 Å². The number of rotatable bonds is 5. The van der Waals surface area contributed by atoms with E-state index in [1.165, 1.54) is 38.8 Å². The van der Waals surface area contributed by atoms with Crippen molar-refractivity contribution >= 4 is 0 Å². The minimum atomic E-state index is 1.18. The van der Waals surface area contributed by atoms with Crippen LogP contribution in [-0.4, -0.2) is 25.0 Å². The average Bonchev–Trinajstić information content (AvgIpc) is 2.06. The minimum Gasteiger partial charge on any atom is -0.307 e. The summed E-state index contributed by atoms with van der Waals surface area (Å²) in [4.78, 5) is 2.36. The molecule has 0 unspecified atom stereocenters. The fourth-order valence-corrected chi connectivity index (χ4v) is 0.790. The summed E-state index contributed by atoms with van der Waals surface area (Å²) < 4.78 is 0. The Morgan fingerprint density at radius 1 is 0.917 bits per heavy atom. The lowest BCUT2D eigenvalue weighted by Gasteiger charge is -2.12. The maximum atomic E-state index is 2.36. The van der Waals surface area contributed by atoms with Gasteiger partial charge in [-0.1, -0.05) is 47.0 Å². The van der Waals surface area contributed by atoms with Gasteiger partial charge < -0.3 is 4.90 Å². The van der Waals surface area contributed by atoms with Gasteiger partial charge in [0, 0.05) is 0 Å². The lowest BCUT2D eigenvalue weighted by Crippen LogP contribution is -2.18. The van der Waals surface area contributed by atoms with Crippen LogP contribution in [0.4, 0.5) is 0 Å². The molecule has 0 bridgehead atoms. The third kappa shape index (κ3) is 16.5. The van der Waals surface area contributed by atoms with Crippen molar-refractivity contribution in [1.82, 2.24) is 4.90 Å². The molecule has 0 aliphatic carbocycles. The Kier molecular flexibility index (Phi) is 16.3. The summed E-state index contributed by atoms with van der Waals surface area (Å²) >= 11 is 0. The predicted molar refractivity (Wildman–Crippen MR) is 58.7 cm³/mol. The first-order valence-electron chi connectivity index (χ1n) is 5.41. The van der Waals surface area contributed by atoms with Gasteiger partial charge in [-0.15, -0.1) is 0 Å². The van der Waals surface area contributed by atoms with Crippen LogP contribution < -0.4 is 0 Å². The first-order chi connectivity index (χ1) is 5.72. The molecule has 0 N–H and O–H groups in total. The summed E-state index contributed by atoms with van der Waals surface area (Å²) in [5.74, 6) is 0. The molecule has 0 atom stereocenters. The Hall–Kier alpha value is -0.0400. The first-order valence-corrected chi connectivity index (χ1v) is 5.41. The van der Waals surface area contributed by atoms with Crippen LogP contribution in [0, 0.1) is 0 Å². The Labute approximate surface area is 79.2 Å². The highest BCUT2D eigenvalue weighted by molar-refractivity contribution is 4.46. The lowest BCUT2D eigenvalue weighted by atomic mass is 10.2. The van der Waals surface area contributed by atoms with Crippen LogP contribution in [0.2, 0.25) is 0 Å². The van der Waals surface area contributed by atoms with Crippen molar-refractivity contribution in [3.8, 4) is 0 Å². The predicted octanol–water partition coefficient (Wildman–Crippen LogP) is 3.54. The third-order valence-corrected chi connectivity index (χ3v) is 1.68. The second-order valence-corrected chi connectivity index (χ2v) is 3.31. The topological polar surface area (TPSA) is 3.24 Å². The summed E-state index contributed by atoms with van der Waals surface area (Å²) in [5.41, 5.74) is 0. The molecule has 12 heavy (non-hydrogen) atoms. The summed E-state index contributed by atoms with van der Waals surface area (Å²) in [6.45, 7) is 11.1. The zero-order valence-corrected chi connectivity index (χ0v) is 9.69. The van der Waals surface area contributed by atoms with Crippen LogP contribution in [0.25, 0.3) is 0 Å². The molecule has 0 rings (SSSR count). The molecule has 0 radical (unpaired) electrons. The molecule has 0 amide bonds. The molecule has 76 valence electrons. The van der Waals surface area contributed by atoms with Gasteiger partial charge in [0.05, 0.1) is 0 Å². The van der Waals surface area contributed by atoms with Gasteiger partial charge in [0.2, 0.25) is 0 Å². The van der Waals surface area contributed by atoms with Gasteiger partial charge in [-0.25, -0.2) is 0 Å². The summed E-state index contributed by atoms with van der Waals surface area (Å²) in [5, 5.41) is 0. The van der Waals surface area contributed by atoms with Crippen LogP contribution in [0.3, 0.4) is 0 Å². The van der Waals surface area contributed by atoms with E-state index in [4.69, 9.17) is 0 Å². The second kappa shape index (κ2) is 13.5. The number of nitrogens with zero attached hydrogens (tertiary/aromatic N) is 1. The number of unbranched alkanes of at least 4 members (excludes halogenated alkanes) is 2. The van der Waals surface area contributed by atoms with E-state index in [9.17, 15) is 0 Å². The van der Waals surface area contributed by atoms with Crippen molar-refractivity contribution < 1.29 is 0 Å². The van der Waals surface area contributed by atoms with Gasteiger partial charge >= 0.3 is 0 Å². The Balaban J connectivity index is 0. The van der Waals surface area contributed by atoms with Crippen molar-refractivity contribution in [3.63, 3.8) is 0 Å². The van der Waals surface area contributed by atoms with Crippen molar-refractivity contribution in [3.05, 3.63) is 0 Å². The molecule has 0 spiro atoms. The molecule has 0 aromatic carbocycles. The molecular formula is C11H27N.